The Balaban J connectivity index is 1.47. The summed E-state index contributed by atoms with van der Waals surface area (Å²) in [6.45, 7) is 2.78. The van der Waals surface area contributed by atoms with Crippen LogP contribution in [0.5, 0.6) is 0 Å². The molecule has 24 heavy (non-hydrogen) atoms. The Kier molecular flexibility index (Phi) is 5.86. The number of nitrogens with zero attached hydrogens (tertiary/aromatic N) is 2. The number of hydrogen-bond donors (Lipinski definition) is 0. The number of ether oxygens (including phenoxy) is 1. The minimum absolute atomic E-state index is 0.0539. The van der Waals surface area contributed by atoms with Crippen molar-refractivity contribution in [2.75, 3.05) is 32.8 Å². The second-order valence-electron chi connectivity index (χ2n) is 6.63. The fourth-order valence-corrected chi connectivity index (χ4v) is 3.39. The Hall–Kier alpha value is -1.88. The summed E-state index contributed by atoms with van der Waals surface area (Å²) in [6.07, 6.45) is 4.48. The maximum atomic E-state index is 12.5. The van der Waals surface area contributed by atoms with Crippen LogP contribution in [0.15, 0.2) is 30.3 Å². The molecule has 2 fully saturated rings. The third kappa shape index (κ3) is 4.57. The number of carbonyl (C=O) groups is 2. The quantitative estimate of drug-likeness (QED) is 0.828. The number of piperidine rings is 1. The van der Waals surface area contributed by atoms with E-state index in [0.29, 0.717) is 32.7 Å². The van der Waals surface area contributed by atoms with Crippen molar-refractivity contribution in [3.8, 4) is 0 Å². The number of hydrogen-bond acceptors (Lipinski definition) is 3. The molecule has 2 aliphatic rings. The zero-order chi connectivity index (χ0) is 16.8. The molecule has 5 heteroatoms. The molecule has 3 rings (SSSR count). The van der Waals surface area contributed by atoms with Crippen LogP contribution in [0.1, 0.15) is 31.2 Å². The molecule has 0 bridgehead atoms. The summed E-state index contributed by atoms with van der Waals surface area (Å²) in [7, 11) is 0. The fraction of sp³-hybridized carbons (Fsp3) is 0.579. The summed E-state index contributed by atoms with van der Waals surface area (Å²) < 4.78 is 5.82. The molecule has 0 N–H and O–H groups in total. The van der Waals surface area contributed by atoms with Crippen LogP contribution < -0.4 is 0 Å². The van der Waals surface area contributed by atoms with Crippen molar-refractivity contribution in [3.63, 3.8) is 0 Å². The average molecular weight is 330 g/mol. The van der Waals surface area contributed by atoms with Gasteiger partial charge >= 0.3 is 0 Å². The van der Waals surface area contributed by atoms with Gasteiger partial charge in [0.05, 0.1) is 19.3 Å². The van der Waals surface area contributed by atoms with E-state index in [4.69, 9.17) is 4.74 Å². The summed E-state index contributed by atoms with van der Waals surface area (Å²) in [5.74, 6) is 0.168. The van der Waals surface area contributed by atoms with Gasteiger partial charge < -0.3 is 14.5 Å². The van der Waals surface area contributed by atoms with Crippen molar-refractivity contribution in [3.05, 3.63) is 35.9 Å². The average Bonchev–Trinajstić information content (AvgIpc) is 2.63. The van der Waals surface area contributed by atoms with Gasteiger partial charge in [-0.25, -0.2) is 0 Å². The smallest absolute Gasteiger partial charge is 0.242 e. The lowest BCUT2D eigenvalue weighted by Gasteiger charge is -2.35. The Bertz CT molecular complexity index is 561. The van der Waals surface area contributed by atoms with E-state index in [0.717, 1.165) is 25.7 Å². The van der Waals surface area contributed by atoms with Gasteiger partial charge in [-0.05, 0) is 31.2 Å². The molecule has 0 unspecified atom stereocenters. The fourth-order valence-electron chi connectivity index (χ4n) is 3.39. The monoisotopic (exact) mass is 330 g/mol. The number of rotatable bonds is 5. The Morgan fingerprint density at radius 3 is 2.79 bits per heavy atom. The highest BCUT2D eigenvalue weighted by molar-refractivity contribution is 5.85. The van der Waals surface area contributed by atoms with Crippen LogP contribution in [0.3, 0.4) is 0 Å². The molecule has 2 heterocycles. The van der Waals surface area contributed by atoms with E-state index in [1.807, 2.05) is 23.1 Å². The van der Waals surface area contributed by atoms with Gasteiger partial charge in [0, 0.05) is 26.1 Å². The van der Waals surface area contributed by atoms with E-state index in [1.165, 1.54) is 5.56 Å². The maximum Gasteiger partial charge on any atom is 0.242 e. The molecule has 130 valence electrons. The predicted octanol–water partition coefficient (Wildman–Crippen LogP) is 1.86. The van der Waals surface area contributed by atoms with Crippen LogP contribution in [0.2, 0.25) is 0 Å². The van der Waals surface area contributed by atoms with Crippen molar-refractivity contribution in [2.24, 2.45) is 0 Å². The SMILES string of the molecule is O=C1CCCCN1CC(=O)N1CCO[C@H](CCc2ccccc2)C1. The lowest BCUT2D eigenvalue weighted by atomic mass is 10.1. The van der Waals surface area contributed by atoms with E-state index in [-0.39, 0.29) is 24.5 Å². The molecule has 0 aromatic heterocycles. The Morgan fingerprint density at radius 1 is 1.17 bits per heavy atom. The number of benzene rings is 1. The Morgan fingerprint density at radius 2 is 2.00 bits per heavy atom. The minimum Gasteiger partial charge on any atom is -0.375 e. The summed E-state index contributed by atoms with van der Waals surface area (Å²) in [5, 5.41) is 0. The van der Waals surface area contributed by atoms with Crippen LogP contribution in [0.4, 0.5) is 0 Å². The molecule has 0 aliphatic carbocycles. The zero-order valence-electron chi connectivity index (χ0n) is 14.2. The lowest BCUT2D eigenvalue weighted by Crippen LogP contribution is -2.50. The summed E-state index contributed by atoms with van der Waals surface area (Å²) in [6, 6.07) is 10.3. The number of aryl methyl sites for hydroxylation is 1. The molecular formula is C19H26N2O3. The summed E-state index contributed by atoms with van der Waals surface area (Å²) in [4.78, 5) is 27.9. The molecule has 0 radical (unpaired) electrons. The first kappa shape index (κ1) is 17.0. The number of likely N-dealkylation sites (tertiary alicyclic amines) is 1. The first-order chi connectivity index (χ1) is 11.7. The molecule has 2 amide bonds. The van der Waals surface area contributed by atoms with Crippen molar-refractivity contribution in [1.82, 2.24) is 9.80 Å². The first-order valence-electron chi connectivity index (χ1n) is 8.93. The summed E-state index contributed by atoms with van der Waals surface area (Å²) in [5.41, 5.74) is 1.29. The number of amides is 2. The van der Waals surface area contributed by atoms with Crippen molar-refractivity contribution >= 4 is 11.8 Å². The number of morpholine rings is 1. The molecule has 2 saturated heterocycles. The largest absolute Gasteiger partial charge is 0.375 e. The van der Waals surface area contributed by atoms with Gasteiger partial charge in [0.2, 0.25) is 11.8 Å². The van der Waals surface area contributed by atoms with Crippen molar-refractivity contribution in [1.29, 1.82) is 0 Å². The zero-order valence-corrected chi connectivity index (χ0v) is 14.2. The second-order valence-corrected chi connectivity index (χ2v) is 6.63. The highest BCUT2D eigenvalue weighted by Crippen LogP contribution is 2.15. The lowest BCUT2D eigenvalue weighted by molar-refractivity contribution is -0.146. The van der Waals surface area contributed by atoms with Crippen LogP contribution in [-0.2, 0) is 20.7 Å². The molecule has 1 atom stereocenters. The first-order valence-corrected chi connectivity index (χ1v) is 8.93. The van der Waals surface area contributed by atoms with Crippen LogP contribution in [0, 0.1) is 0 Å². The van der Waals surface area contributed by atoms with Gasteiger partial charge in [0.25, 0.3) is 0 Å². The molecule has 0 saturated carbocycles. The van der Waals surface area contributed by atoms with Crippen molar-refractivity contribution < 1.29 is 14.3 Å². The van der Waals surface area contributed by atoms with Crippen molar-refractivity contribution in [2.45, 2.75) is 38.2 Å². The van der Waals surface area contributed by atoms with Gasteiger partial charge in [-0.15, -0.1) is 0 Å². The molecule has 1 aromatic rings. The second kappa shape index (κ2) is 8.29. The number of carbonyl (C=O) groups excluding carboxylic acids is 2. The van der Waals surface area contributed by atoms with Gasteiger partial charge in [0.15, 0.2) is 0 Å². The van der Waals surface area contributed by atoms with Gasteiger partial charge in [0.1, 0.15) is 0 Å². The molecule has 2 aliphatic heterocycles. The van der Waals surface area contributed by atoms with Gasteiger partial charge in [-0.2, -0.15) is 0 Å². The van der Waals surface area contributed by atoms with Gasteiger partial charge in [-0.1, -0.05) is 30.3 Å². The molecule has 1 aromatic carbocycles. The molecule has 5 nitrogen and oxygen atoms in total. The van der Waals surface area contributed by atoms with Gasteiger partial charge in [-0.3, -0.25) is 9.59 Å². The van der Waals surface area contributed by atoms with E-state index in [9.17, 15) is 9.59 Å². The minimum atomic E-state index is 0.0539. The molecular weight excluding hydrogens is 304 g/mol. The van der Waals surface area contributed by atoms with Crippen LogP contribution in [0.25, 0.3) is 0 Å². The third-order valence-corrected chi connectivity index (χ3v) is 4.84. The van der Waals surface area contributed by atoms with E-state index in [1.54, 1.807) is 4.90 Å². The van der Waals surface area contributed by atoms with E-state index in [2.05, 4.69) is 12.1 Å². The maximum absolute atomic E-state index is 12.5. The van der Waals surface area contributed by atoms with E-state index >= 15 is 0 Å². The topological polar surface area (TPSA) is 49.9 Å². The predicted molar refractivity (Wildman–Crippen MR) is 91.5 cm³/mol. The van der Waals surface area contributed by atoms with E-state index < -0.39 is 0 Å². The highest BCUT2D eigenvalue weighted by atomic mass is 16.5. The van der Waals surface area contributed by atoms with Crippen LogP contribution >= 0.6 is 0 Å². The molecule has 0 spiro atoms. The Labute approximate surface area is 143 Å². The summed E-state index contributed by atoms with van der Waals surface area (Å²) >= 11 is 0. The third-order valence-electron chi connectivity index (χ3n) is 4.84. The van der Waals surface area contributed by atoms with Crippen LogP contribution in [-0.4, -0.2) is 60.5 Å². The standard InChI is InChI=1S/C19H26N2O3/c22-18-8-4-5-11-20(18)15-19(23)21-12-13-24-17(14-21)10-9-16-6-2-1-3-7-16/h1-3,6-7,17H,4-5,8-15H2/t17-/m1/s1. The highest BCUT2D eigenvalue weighted by Gasteiger charge is 2.27. The normalized spacial score (nSPS) is 21.8.